The van der Waals surface area contributed by atoms with Gasteiger partial charge in [-0.05, 0) is 51.1 Å². The second-order valence-corrected chi connectivity index (χ2v) is 12.1. The molecule has 2 aromatic carbocycles. The van der Waals surface area contributed by atoms with Crippen LogP contribution >= 0.6 is 0 Å². The van der Waals surface area contributed by atoms with Crippen LogP contribution in [0.15, 0.2) is 53.4 Å². The molecule has 11 heteroatoms. The SMILES string of the molecule is CC(C)NC(=O)Nc1ccc2c(c1)CC(=O)N([C@@H](C)CO)C[C@H](C)[C@@H](CN(C)S(=O)(=O)c1ccccc1)O2. The van der Waals surface area contributed by atoms with Crippen molar-refractivity contribution < 1.29 is 27.9 Å². The standard InChI is InChI=1S/C27H38N4O6S/c1-18(2)28-27(34)29-22-11-12-24-21(13-22)14-26(33)31(20(4)17-32)15-19(3)25(37-24)16-30(5)38(35,36)23-9-7-6-8-10-23/h6-13,18-20,25,32H,14-17H2,1-5H3,(H2,28,29,34)/t19-,20-,25+/m0/s1. The van der Waals surface area contributed by atoms with Gasteiger partial charge in [0.1, 0.15) is 11.9 Å². The van der Waals surface area contributed by atoms with Gasteiger partial charge in [-0.25, -0.2) is 13.2 Å². The van der Waals surface area contributed by atoms with Gasteiger partial charge in [0.25, 0.3) is 0 Å². The predicted molar refractivity (Wildman–Crippen MR) is 146 cm³/mol. The lowest BCUT2D eigenvalue weighted by Gasteiger charge is -2.33. The van der Waals surface area contributed by atoms with Gasteiger partial charge in [0, 0.05) is 36.8 Å². The third-order valence-electron chi connectivity index (χ3n) is 6.48. The van der Waals surface area contributed by atoms with E-state index in [9.17, 15) is 23.1 Å². The van der Waals surface area contributed by atoms with Gasteiger partial charge in [0.15, 0.2) is 0 Å². The van der Waals surface area contributed by atoms with Gasteiger partial charge in [0.05, 0.1) is 30.5 Å². The number of ether oxygens (including phenoxy) is 1. The van der Waals surface area contributed by atoms with Crippen LogP contribution in [0, 0.1) is 5.92 Å². The largest absolute Gasteiger partial charge is 0.488 e. The van der Waals surface area contributed by atoms with Crippen molar-refractivity contribution >= 4 is 27.6 Å². The van der Waals surface area contributed by atoms with Crippen molar-refractivity contribution in [3.8, 4) is 5.75 Å². The van der Waals surface area contributed by atoms with Crippen molar-refractivity contribution in [3.63, 3.8) is 0 Å². The minimum Gasteiger partial charge on any atom is -0.488 e. The molecular weight excluding hydrogens is 508 g/mol. The van der Waals surface area contributed by atoms with Gasteiger partial charge >= 0.3 is 6.03 Å². The Labute approximate surface area is 225 Å². The molecule has 0 aliphatic carbocycles. The second kappa shape index (κ2) is 12.6. The van der Waals surface area contributed by atoms with Crippen molar-refractivity contribution in [1.82, 2.24) is 14.5 Å². The van der Waals surface area contributed by atoms with E-state index in [4.69, 9.17) is 4.74 Å². The molecular formula is C27H38N4O6S. The van der Waals surface area contributed by atoms with Gasteiger partial charge < -0.3 is 25.4 Å². The zero-order valence-corrected chi connectivity index (χ0v) is 23.4. The summed E-state index contributed by atoms with van der Waals surface area (Å²) in [7, 11) is -2.26. The number of likely N-dealkylation sites (N-methyl/N-ethyl adjacent to an activating group) is 1. The van der Waals surface area contributed by atoms with Crippen LogP contribution in [-0.4, -0.2) is 79.6 Å². The molecule has 208 valence electrons. The molecule has 0 unspecified atom stereocenters. The second-order valence-electron chi connectivity index (χ2n) is 10.1. The minimum atomic E-state index is -3.77. The van der Waals surface area contributed by atoms with Crippen molar-refractivity contribution in [2.75, 3.05) is 32.1 Å². The van der Waals surface area contributed by atoms with Crippen LogP contribution in [0.3, 0.4) is 0 Å². The number of nitrogens with one attached hydrogen (secondary N) is 2. The highest BCUT2D eigenvalue weighted by atomic mass is 32.2. The van der Waals surface area contributed by atoms with Crippen LogP contribution in [0.4, 0.5) is 10.5 Å². The Hall–Kier alpha value is -3.15. The molecule has 3 amide bonds. The van der Waals surface area contributed by atoms with E-state index < -0.39 is 22.2 Å². The number of amides is 3. The van der Waals surface area contributed by atoms with E-state index >= 15 is 0 Å². The van der Waals surface area contributed by atoms with Crippen LogP contribution in [0.25, 0.3) is 0 Å². The molecule has 10 nitrogen and oxygen atoms in total. The Kier molecular flexibility index (Phi) is 9.75. The van der Waals surface area contributed by atoms with E-state index in [1.165, 1.54) is 11.4 Å². The van der Waals surface area contributed by atoms with Crippen LogP contribution in [0.5, 0.6) is 5.75 Å². The molecule has 3 N–H and O–H groups in total. The number of hydrogen-bond donors (Lipinski definition) is 3. The fourth-order valence-corrected chi connectivity index (χ4v) is 5.48. The quantitative estimate of drug-likeness (QED) is 0.467. The van der Waals surface area contributed by atoms with E-state index in [0.29, 0.717) is 17.0 Å². The Morgan fingerprint density at radius 1 is 1.18 bits per heavy atom. The number of aliphatic hydroxyl groups is 1. The Morgan fingerprint density at radius 3 is 2.50 bits per heavy atom. The first-order chi connectivity index (χ1) is 17.9. The number of anilines is 1. The number of benzene rings is 2. The molecule has 0 radical (unpaired) electrons. The minimum absolute atomic E-state index is 0.00140. The Balaban J connectivity index is 1.95. The van der Waals surface area contributed by atoms with E-state index in [-0.39, 0.29) is 54.9 Å². The van der Waals surface area contributed by atoms with Gasteiger partial charge in [0.2, 0.25) is 15.9 Å². The molecule has 38 heavy (non-hydrogen) atoms. The monoisotopic (exact) mass is 546 g/mol. The molecule has 0 saturated carbocycles. The summed E-state index contributed by atoms with van der Waals surface area (Å²) in [6, 6.07) is 12.4. The zero-order chi connectivity index (χ0) is 28.0. The fourth-order valence-electron chi connectivity index (χ4n) is 4.28. The maximum atomic E-state index is 13.3. The van der Waals surface area contributed by atoms with E-state index in [1.807, 2.05) is 20.8 Å². The molecule has 1 aliphatic rings. The average molecular weight is 547 g/mol. The first-order valence-electron chi connectivity index (χ1n) is 12.7. The maximum Gasteiger partial charge on any atom is 0.319 e. The molecule has 0 aromatic heterocycles. The van der Waals surface area contributed by atoms with Crippen LogP contribution in [-0.2, 0) is 21.2 Å². The number of sulfonamides is 1. The van der Waals surface area contributed by atoms with E-state index in [2.05, 4.69) is 10.6 Å². The maximum absolute atomic E-state index is 13.3. The molecule has 1 heterocycles. The number of nitrogens with zero attached hydrogens (tertiary/aromatic N) is 2. The summed E-state index contributed by atoms with van der Waals surface area (Å²) in [6.07, 6.45) is -0.599. The topological polar surface area (TPSA) is 128 Å². The third-order valence-corrected chi connectivity index (χ3v) is 8.32. The van der Waals surface area contributed by atoms with Crippen LogP contribution in [0.2, 0.25) is 0 Å². The summed E-state index contributed by atoms with van der Waals surface area (Å²) in [5.41, 5.74) is 1.05. The molecule has 0 saturated heterocycles. The number of hydrogen-bond acceptors (Lipinski definition) is 6. The fraction of sp³-hybridized carbons (Fsp3) is 0.481. The number of carbonyl (C=O) groups is 2. The lowest BCUT2D eigenvalue weighted by atomic mass is 10.0. The smallest absolute Gasteiger partial charge is 0.319 e. The van der Waals surface area contributed by atoms with Gasteiger partial charge in [-0.1, -0.05) is 25.1 Å². The lowest BCUT2D eigenvalue weighted by Crippen LogP contribution is -2.48. The highest BCUT2D eigenvalue weighted by molar-refractivity contribution is 7.89. The van der Waals surface area contributed by atoms with Gasteiger partial charge in [-0.3, -0.25) is 4.79 Å². The van der Waals surface area contributed by atoms with Crippen molar-refractivity contribution in [1.29, 1.82) is 0 Å². The number of rotatable bonds is 8. The third kappa shape index (κ3) is 7.24. The van der Waals surface area contributed by atoms with Crippen molar-refractivity contribution in [2.45, 2.75) is 57.2 Å². The first kappa shape index (κ1) is 29.4. The molecule has 3 rings (SSSR count). The van der Waals surface area contributed by atoms with Gasteiger partial charge in [-0.2, -0.15) is 4.31 Å². The van der Waals surface area contributed by atoms with E-state index in [0.717, 1.165) is 0 Å². The molecule has 2 aromatic rings. The molecule has 3 atom stereocenters. The van der Waals surface area contributed by atoms with Crippen molar-refractivity contribution in [3.05, 3.63) is 54.1 Å². The zero-order valence-electron chi connectivity index (χ0n) is 22.5. The van der Waals surface area contributed by atoms with Crippen molar-refractivity contribution in [2.24, 2.45) is 5.92 Å². The summed E-state index contributed by atoms with van der Waals surface area (Å²) in [6.45, 7) is 7.47. The summed E-state index contributed by atoms with van der Waals surface area (Å²) < 4.78 is 34.1. The van der Waals surface area contributed by atoms with Crippen LogP contribution in [0.1, 0.15) is 33.3 Å². The van der Waals surface area contributed by atoms with E-state index in [1.54, 1.807) is 60.4 Å². The number of fused-ring (bicyclic) bond motifs is 1. The number of aliphatic hydroxyl groups excluding tert-OH is 1. The highest BCUT2D eigenvalue weighted by Crippen LogP contribution is 2.30. The first-order valence-corrected chi connectivity index (χ1v) is 14.1. The Morgan fingerprint density at radius 2 is 1.87 bits per heavy atom. The summed E-state index contributed by atoms with van der Waals surface area (Å²) in [4.78, 5) is 27.3. The highest BCUT2D eigenvalue weighted by Gasteiger charge is 2.33. The normalized spacial score (nSPS) is 19.2. The molecule has 0 spiro atoms. The number of carbonyl (C=O) groups excluding carboxylic acids is 2. The number of urea groups is 1. The average Bonchev–Trinajstić information content (AvgIpc) is 2.91. The lowest BCUT2D eigenvalue weighted by molar-refractivity contribution is -0.134. The van der Waals surface area contributed by atoms with Gasteiger partial charge in [-0.15, -0.1) is 0 Å². The summed E-state index contributed by atoms with van der Waals surface area (Å²) in [5.74, 6) is -0.0195. The molecule has 0 bridgehead atoms. The predicted octanol–water partition coefficient (Wildman–Crippen LogP) is 2.69. The Bertz CT molecular complexity index is 1220. The summed E-state index contributed by atoms with van der Waals surface area (Å²) >= 11 is 0. The summed E-state index contributed by atoms with van der Waals surface area (Å²) in [5, 5.41) is 15.3. The molecule has 1 aliphatic heterocycles. The molecule has 0 fully saturated rings. The van der Waals surface area contributed by atoms with Crippen LogP contribution < -0.4 is 15.4 Å².